The molecule has 24 atom stereocenters. The lowest BCUT2D eigenvalue weighted by Gasteiger charge is -2.55. The Balaban J connectivity index is 1.23. The monoisotopic (exact) mass is 1230 g/mol. The number of allylic oxidation sites excluding steroid dienone is 3. The Bertz CT molecular complexity index is 2480. The van der Waals surface area contributed by atoms with Crippen LogP contribution in [0.15, 0.2) is 60.2 Å². The number of carbonyl (C=O) groups is 4. The van der Waals surface area contributed by atoms with E-state index < -0.39 is 149 Å². The number of ketones is 2. The van der Waals surface area contributed by atoms with Crippen LogP contribution < -0.4 is 0 Å². The summed E-state index contributed by atoms with van der Waals surface area (Å²) in [6.07, 6.45) is -5.33. The summed E-state index contributed by atoms with van der Waals surface area (Å²) in [6, 6.07) is 0. The summed E-state index contributed by atoms with van der Waals surface area (Å²) in [4.78, 5) is 54.8. The number of esters is 2. The second kappa shape index (κ2) is 28.9. The SMILES string of the molecule is C=C(Cl)/C=C/[C@@H](O)CC(=C)C[C@H]1O[C@@H]2[C@H](C)[C@@H](CC(=O)C[C@H]3C[C@H](OC(C)=O)C[C@@]4(C[C@@](C)(O)C[C@](C)(CC(=C)[C@@H](C)C(OC(C)=O)[C@H](C)C(=O)C[C@@H]5C[C@H](OC)CC6(C[C@@H](O)C[C@H](/C=C\CCC[C@H]7O[C@](O)(C[C@H](O)[C@H]7C)[C@H]2O)O6)O5)O4)O3)[C@@H]1O. The molecule has 7 aliphatic rings. The fourth-order valence-electron chi connectivity index (χ4n) is 15.2. The molecule has 0 radical (unpaired) electrons. The average molecular weight is 1240 g/mol. The minimum Gasteiger partial charge on any atom is -0.462 e. The van der Waals surface area contributed by atoms with Gasteiger partial charge in [-0.3, -0.25) is 19.2 Å². The van der Waals surface area contributed by atoms with E-state index in [0.29, 0.717) is 43.3 Å². The molecule has 0 amide bonds. The number of fused-ring (bicyclic) bond motifs is 8. The Hall–Kier alpha value is -3.29. The Morgan fingerprint density at radius 1 is 0.837 bits per heavy atom. The second-order valence-corrected chi connectivity index (χ2v) is 27.6. The van der Waals surface area contributed by atoms with E-state index in [1.807, 2.05) is 19.1 Å². The molecule has 7 aliphatic heterocycles. The molecule has 2 unspecified atom stereocenters. The molecule has 6 fully saturated rings. The molecular weight excluding hydrogens is 1140 g/mol. The summed E-state index contributed by atoms with van der Waals surface area (Å²) in [5.41, 5.74) is -1.68. The molecule has 0 aliphatic carbocycles. The van der Waals surface area contributed by atoms with Crippen LogP contribution >= 0.6 is 11.6 Å². The number of aliphatic hydroxyl groups is 7. The molecule has 21 heteroatoms. The predicted molar refractivity (Wildman–Crippen MR) is 315 cm³/mol. The third-order valence-electron chi connectivity index (χ3n) is 19.1. The lowest BCUT2D eigenvalue weighted by molar-refractivity contribution is -0.371. The van der Waals surface area contributed by atoms with Crippen LogP contribution in [0.5, 0.6) is 0 Å². The highest BCUT2D eigenvalue weighted by Crippen LogP contribution is 2.51. The zero-order valence-electron chi connectivity index (χ0n) is 51.9. The molecule has 0 aromatic heterocycles. The van der Waals surface area contributed by atoms with Crippen LogP contribution in [-0.4, -0.2) is 180 Å². The van der Waals surface area contributed by atoms with Gasteiger partial charge in [-0.05, 0) is 70.3 Å². The van der Waals surface area contributed by atoms with Gasteiger partial charge < -0.3 is 78.4 Å². The van der Waals surface area contributed by atoms with Crippen LogP contribution in [-0.2, 0) is 61.8 Å². The Labute approximate surface area is 512 Å². The maximum Gasteiger partial charge on any atom is 0.302 e. The molecule has 0 saturated carbocycles. The van der Waals surface area contributed by atoms with Gasteiger partial charge in [0.1, 0.15) is 29.9 Å². The van der Waals surface area contributed by atoms with Crippen LogP contribution in [0.2, 0.25) is 0 Å². The molecule has 2 spiro atoms. The zero-order chi connectivity index (χ0) is 63.4. The van der Waals surface area contributed by atoms with Crippen LogP contribution in [0.3, 0.4) is 0 Å². The molecule has 86 heavy (non-hydrogen) atoms. The fourth-order valence-corrected chi connectivity index (χ4v) is 15.3. The number of methoxy groups -OCH3 is 1. The van der Waals surface area contributed by atoms with Crippen molar-refractivity contribution >= 4 is 35.1 Å². The van der Waals surface area contributed by atoms with Crippen molar-refractivity contribution < 1.29 is 97.6 Å². The van der Waals surface area contributed by atoms with Gasteiger partial charge in [-0.2, -0.15) is 0 Å². The van der Waals surface area contributed by atoms with Gasteiger partial charge in [-0.1, -0.05) is 88.4 Å². The smallest absolute Gasteiger partial charge is 0.302 e. The minimum atomic E-state index is -2.35. The molecular formula is C65H99ClO20. The number of hydrogen-bond acceptors (Lipinski definition) is 20. The molecule has 7 heterocycles. The van der Waals surface area contributed by atoms with E-state index in [-0.39, 0.29) is 106 Å². The Morgan fingerprint density at radius 2 is 1.50 bits per heavy atom. The number of aliphatic hydroxyl groups excluding tert-OH is 5. The molecule has 0 aromatic rings. The molecule has 10 bridgehead atoms. The minimum absolute atomic E-state index is 0.00622. The van der Waals surface area contributed by atoms with Crippen molar-refractivity contribution in [3.8, 4) is 0 Å². The molecule has 7 rings (SSSR count). The van der Waals surface area contributed by atoms with E-state index in [9.17, 15) is 54.9 Å². The van der Waals surface area contributed by atoms with Gasteiger partial charge in [-0.25, -0.2) is 0 Å². The van der Waals surface area contributed by atoms with E-state index in [0.717, 1.165) is 0 Å². The van der Waals surface area contributed by atoms with Gasteiger partial charge in [-0.15, -0.1) is 0 Å². The number of carbonyl (C=O) groups excluding carboxylic acids is 4. The first kappa shape index (κ1) is 70.2. The number of rotatable bonds is 9. The summed E-state index contributed by atoms with van der Waals surface area (Å²) >= 11 is 5.91. The fraction of sp³-hybridized carbons (Fsp3) is 0.785. The third-order valence-corrected chi connectivity index (χ3v) is 19.2. The summed E-state index contributed by atoms with van der Waals surface area (Å²) in [5.74, 6) is -10.8. The van der Waals surface area contributed by atoms with Gasteiger partial charge in [0.15, 0.2) is 17.4 Å². The lowest BCUT2D eigenvalue weighted by atomic mass is 9.72. The second-order valence-electron chi connectivity index (χ2n) is 27.1. The standard InChI is InChI=1S/C65H99ClO20/c1-35(20-44(69)19-18-37(3)66)21-56-57(74)52-24-45(70)22-48-26-51(79-42(8)67)31-64(84-48)34-61(10,76)33-62(11,86-64)28-36(2)38(4)58(80-43(9)68)41(7)53(72)27-49-25-50(78-12)30-63(83-49)29-46(71)23-47(82-63)16-14-13-15-17-55-40(6)54(73)32-65(77,85-55)60(75)59(81-56)39(52)5/h14,16,18-19,38-41,44,46-52,54-60,69,71,73-77H,1-3,13,15,17,20-34H2,4-12H3/b16-14-,19-18+/t38-,39-,40-,41-,44-,46+,47+,48+,49+,50+,51+,52-,54+,55-,56-,57+,58?,59-,60+,61+,62+,63?,64-,65-/m1/s1. The van der Waals surface area contributed by atoms with Crippen molar-refractivity contribution in [2.24, 2.45) is 29.6 Å². The quantitative estimate of drug-likeness (QED) is 0.0697. The summed E-state index contributed by atoms with van der Waals surface area (Å²) in [5, 5.41) is 83.2. The van der Waals surface area contributed by atoms with Crippen molar-refractivity contribution in [2.75, 3.05) is 7.11 Å². The van der Waals surface area contributed by atoms with E-state index in [1.165, 1.54) is 26.0 Å². The van der Waals surface area contributed by atoms with E-state index in [4.69, 9.17) is 54.2 Å². The Kier molecular flexibility index (Phi) is 23.6. The van der Waals surface area contributed by atoms with Gasteiger partial charge >= 0.3 is 11.9 Å². The number of Topliss-reactive ketones (excluding diaryl/α,β-unsaturated/α-hetero) is 2. The van der Waals surface area contributed by atoms with E-state index in [2.05, 4.69) is 19.7 Å². The topological polar surface area (TPSA) is 293 Å². The molecule has 20 nitrogen and oxygen atoms in total. The van der Waals surface area contributed by atoms with Gasteiger partial charge in [0.25, 0.3) is 0 Å². The van der Waals surface area contributed by atoms with Gasteiger partial charge in [0.05, 0.1) is 84.3 Å². The zero-order valence-corrected chi connectivity index (χ0v) is 52.7. The van der Waals surface area contributed by atoms with Crippen LogP contribution in [0.4, 0.5) is 0 Å². The van der Waals surface area contributed by atoms with Crippen LogP contribution in [0.25, 0.3) is 0 Å². The summed E-state index contributed by atoms with van der Waals surface area (Å²) < 4.78 is 57.9. The molecule has 6 saturated heterocycles. The normalized spacial score (nSPS) is 45.1. The summed E-state index contributed by atoms with van der Waals surface area (Å²) in [7, 11) is 1.58. The highest BCUT2D eigenvalue weighted by Gasteiger charge is 2.59. The van der Waals surface area contributed by atoms with Crippen molar-refractivity contribution in [2.45, 2.75) is 285 Å². The lowest BCUT2D eigenvalue weighted by Crippen LogP contribution is -2.64. The highest BCUT2D eigenvalue weighted by atomic mass is 35.5. The van der Waals surface area contributed by atoms with Crippen molar-refractivity contribution in [3.05, 3.63) is 60.2 Å². The van der Waals surface area contributed by atoms with Crippen LogP contribution in [0.1, 0.15) is 171 Å². The predicted octanol–water partition coefficient (Wildman–Crippen LogP) is 6.96. The molecule has 7 N–H and O–H groups in total. The van der Waals surface area contributed by atoms with Gasteiger partial charge in [0.2, 0.25) is 0 Å². The van der Waals surface area contributed by atoms with Gasteiger partial charge in [0, 0.05) is 115 Å². The number of hydrogen-bond donors (Lipinski definition) is 7. The first-order chi connectivity index (χ1) is 40.1. The first-order valence-corrected chi connectivity index (χ1v) is 31.4. The third kappa shape index (κ3) is 18.0. The van der Waals surface area contributed by atoms with Crippen molar-refractivity contribution in [3.63, 3.8) is 0 Å². The summed E-state index contributed by atoms with van der Waals surface area (Å²) in [6.45, 7) is 25.2. The molecule has 0 aromatic carbocycles. The van der Waals surface area contributed by atoms with E-state index >= 15 is 0 Å². The van der Waals surface area contributed by atoms with Crippen molar-refractivity contribution in [1.82, 2.24) is 0 Å². The van der Waals surface area contributed by atoms with Crippen molar-refractivity contribution in [1.29, 1.82) is 0 Å². The number of ether oxygens (including phenoxy) is 9. The highest BCUT2D eigenvalue weighted by molar-refractivity contribution is 6.30. The largest absolute Gasteiger partial charge is 0.462 e. The van der Waals surface area contributed by atoms with E-state index in [1.54, 1.807) is 41.7 Å². The molecule has 486 valence electrons. The van der Waals surface area contributed by atoms with Crippen LogP contribution in [0, 0.1) is 29.6 Å². The Morgan fingerprint density at radius 3 is 2.17 bits per heavy atom. The average Bonchev–Trinajstić information content (AvgIpc) is 1.31. The first-order valence-electron chi connectivity index (χ1n) is 31.0. The number of halogens is 1. The maximum absolute atomic E-state index is 14.7. The maximum atomic E-state index is 14.7.